The second-order valence-corrected chi connectivity index (χ2v) is 5.63. The van der Waals surface area contributed by atoms with Crippen LogP contribution in [0.2, 0.25) is 0 Å². The molecule has 0 spiro atoms. The minimum absolute atomic E-state index is 0.142. The fraction of sp³-hybridized carbons (Fsp3) is 0.500. The number of fused-ring (bicyclic) bond motifs is 1. The maximum absolute atomic E-state index is 11.3. The minimum atomic E-state index is -0.142. The first-order chi connectivity index (χ1) is 10.1. The molecule has 3 rings (SSSR count). The van der Waals surface area contributed by atoms with Crippen molar-refractivity contribution in [1.29, 1.82) is 0 Å². The van der Waals surface area contributed by atoms with Crippen LogP contribution in [-0.2, 0) is 0 Å². The fourth-order valence-corrected chi connectivity index (χ4v) is 2.44. The molecule has 3 N–H and O–H groups in total. The molecule has 1 aliphatic rings. The molecule has 0 aliphatic carbocycles. The highest BCUT2D eigenvalue weighted by Crippen LogP contribution is 2.28. The van der Waals surface area contributed by atoms with Crippen LogP contribution < -0.4 is 15.5 Å². The molecular formula is C14H20N6O. The van der Waals surface area contributed by atoms with Crippen LogP contribution in [0, 0.1) is 0 Å². The molecule has 1 aliphatic heterocycles. The minimum Gasteiger partial charge on any atom is -0.352 e. The van der Waals surface area contributed by atoms with Crippen LogP contribution in [0.5, 0.6) is 0 Å². The van der Waals surface area contributed by atoms with E-state index in [-0.39, 0.29) is 18.0 Å². The number of urea groups is 1. The molecule has 0 atom stereocenters. The largest absolute Gasteiger partial charge is 0.352 e. The number of hydrogen-bond acceptors (Lipinski definition) is 4. The number of amides is 2. The molecule has 2 amide bonds. The monoisotopic (exact) mass is 288 g/mol. The third-order valence-electron chi connectivity index (χ3n) is 3.67. The second kappa shape index (κ2) is 5.23. The van der Waals surface area contributed by atoms with Crippen LogP contribution in [0.4, 0.5) is 10.6 Å². The molecule has 1 saturated heterocycles. The fourth-order valence-electron chi connectivity index (χ4n) is 2.44. The summed E-state index contributed by atoms with van der Waals surface area (Å²) in [5.74, 6) is 2.06. The summed E-state index contributed by atoms with van der Waals surface area (Å²) in [6.45, 7) is 5.70. The molecule has 0 radical (unpaired) electrons. The van der Waals surface area contributed by atoms with Crippen LogP contribution in [0.3, 0.4) is 0 Å². The van der Waals surface area contributed by atoms with Crippen LogP contribution in [0.1, 0.15) is 25.6 Å². The molecule has 21 heavy (non-hydrogen) atoms. The molecular weight excluding hydrogens is 268 g/mol. The van der Waals surface area contributed by atoms with Crippen molar-refractivity contribution in [3.63, 3.8) is 0 Å². The van der Waals surface area contributed by atoms with E-state index in [0.29, 0.717) is 0 Å². The number of anilines is 1. The highest BCUT2D eigenvalue weighted by Gasteiger charge is 2.30. The van der Waals surface area contributed by atoms with E-state index in [9.17, 15) is 4.79 Å². The third-order valence-corrected chi connectivity index (χ3v) is 3.67. The highest BCUT2D eigenvalue weighted by molar-refractivity contribution is 5.88. The van der Waals surface area contributed by atoms with Gasteiger partial charge < -0.3 is 20.5 Å². The lowest BCUT2D eigenvalue weighted by atomic mass is 10.1. The van der Waals surface area contributed by atoms with E-state index in [1.165, 1.54) is 0 Å². The Kier molecular flexibility index (Phi) is 3.40. The van der Waals surface area contributed by atoms with Gasteiger partial charge in [0.15, 0.2) is 0 Å². The lowest BCUT2D eigenvalue weighted by Gasteiger charge is -2.40. The van der Waals surface area contributed by atoms with Gasteiger partial charge in [-0.15, -0.1) is 0 Å². The number of nitrogens with zero attached hydrogens (tertiary/aromatic N) is 3. The van der Waals surface area contributed by atoms with Gasteiger partial charge in [-0.1, -0.05) is 13.8 Å². The Morgan fingerprint density at radius 2 is 2.19 bits per heavy atom. The first kappa shape index (κ1) is 13.7. The van der Waals surface area contributed by atoms with Crippen molar-refractivity contribution >= 4 is 22.9 Å². The summed E-state index contributed by atoms with van der Waals surface area (Å²) in [6, 6.07) is 2.02. The van der Waals surface area contributed by atoms with Gasteiger partial charge in [0.2, 0.25) is 0 Å². The van der Waals surface area contributed by atoms with Crippen LogP contribution in [0.15, 0.2) is 12.3 Å². The van der Waals surface area contributed by atoms with Crippen molar-refractivity contribution in [2.45, 2.75) is 25.8 Å². The maximum atomic E-state index is 11.3. The quantitative estimate of drug-likeness (QED) is 0.792. The smallest absolute Gasteiger partial charge is 0.314 e. The summed E-state index contributed by atoms with van der Waals surface area (Å²) in [7, 11) is 1.62. The number of aromatic nitrogens is 3. The third kappa shape index (κ3) is 2.51. The van der Waals surface area contributed by atoms with Gasteiger partial charge in [0.1, 0.15) is 17.3 Å². The van der Waals surface area contributed by atoms with E-state index >= 15 is 0 Å². The van der Waals surface area contributed by atoms with E-state index in [4.69, 9.17) is 4.98 Å². The number of carbonyl (C=O) groups is 1. The molecule has 3 heterocycles. The summed E-state index contributed by atoms with van der Waals surface area (Å²) in [5, 5.41) is 6.50. The average Bonchev–Trinajstić information content (AvgIpc) is 2.89. The molecule has 7 heteroatoms. The highest BCUT2D eigenvalue weighted by atomic mass is 16.2. The van der Waals surface area contributed by atoms with Crippen molar-refractivity contribution in [3.05, 3.63) is 18.1 Å². The zero-order valence-corrected chi connectivity index (χ0v) is 12.5. The zero-order chi connectivity index (χ0) is 15.0. The number of rotatable bonds is 3. The van der Waals surface area contributed by atoms with Gasteiger partial charge in [0.25, 0.3) is 0 Å². The van der Waals surface area contributed by atoms with Gasteiger partial charge in [-0.25, -0.2) is 14.8 Å². The molecule has 112 valence electrons. The Labute approximate surface area is 123 Å². The molecule has 0 bridgehead atoms. The van der Waals surface area contributed by atoms with E-state index in [2.05, 4.69) is 39.3 Å². The van der Waals surface area contributed by atoms with Gasteiger partial charge in [-0.05, 0) is 6.07 Å². The molecule has 2 aromatic heterocycles. The van der Waals surface area contributed by atoms with Gasteiger partial charge in [-0.3, -0.25) is 0 Å². The summed E-state index contributed by atoms with van der Waals surface area (Å²) >= 11 is 0. The van der Waals surface area contributed by atoms with Crippen LogP contribution >= 0.6 is 0 Å². The Bertz CT molecular complexity index is 659. The van der Waals surface area contributed by atoms with Gasteiger partial charge >= 0.3 is 6.03 Å². The maximum Gasteiger partial charge on any atom is 0.314 e. The van der Waals surface area contributed by atoms with E-state index in [1.807, 2.05) is 12.3 Å². The van der Waals surface area contributed by atoms with Crippen molar-refractivity contribution in [3.8, 4) is 0 Å². The van der Waals surface area contributed by atoms with Crippen LogP contribution in [-0.4, -0.2) is 47.2 Å². The number of H-pyrrole nitrogens is 1. The Morgan fingerprint density at radius 3 is 2.86 bits per heavy atom. The van der Waals surface area contributed by atoms with E-state index < -0.39 is 0 Å². The predicted molar refractivity (Wildman–Crippen MR) is 81.6 cm³/mol. The Morgan fingerprint density at radius 1 is 1.43 bits per heavy atom. The van der Waals surface area contributed by atoms with Gasteiger partial charge in [0, 0.05) is 32.3 Å². The number of nitrogens with one attached hydrogen (secondary N) is 3. The van der Waals surface area contributed by atoms with Crippen molar-refractivity contribution < 1.29 is 4.79 Å². The van der Waals surface area contributed by atoms with Crippen LogP contribution in [0.25, 0.3) is 11.0 Å². The average molecular weight is 288 g/mol. The molecule has 2 aromatic rings. The summed E-state index contributed by atoms with van der Waals surface area (Å²) < 4.78 is 0. The topological polar surface area (TPSA) is 85.9 Å². The standard InChI is InChI=1S/C14H20N6O/c1-8(2)11-18-12-10(4-5-16-12)13(19-11)20-6-9(7-20)17-14(21)15-3/h4-5,8-9H,6-7H2,1-3H3,(H2,15,17,21)(H,16,18,19). The molecule has 0 unspecified atom stereocenters. The summed E-state index contributed by atoms with van der Waals surface area (Å²) in [4.78, 5) is 25.9. The van der Waals surface area contributed by atoms with Gasteiger partial charge in [-0.2, -0.15) is 0 Å². The van der Waals surface area contributed by atoms with E-state index in [1.54, 1.807) is 7.05 Å². The molecule has 0 saturated carbocycles. The first-order valence-corrected chi connectivity index (χ1v) is 7.16. The van der Waals surface area contributed by atoms with Crippen molar-refractivity contribution in [1.82, 2.24) is 25.6 Å². The van der Waals surface area contributed by atoms with Crippen molar-refractivity contribution in [2.24, 2.45) is 0 Å². The van der Waals surface area contributed by atoms with E-state index in [0.717, 1.165) is 35.8 Å². The predicted octanol–water partition coefficient (Wildman–Crippen LogP) is 1.20. The molecule has 1 fully saturated rings. The summed E-state index contributed by atoms with van der Waals surface area (Å²) in [5.41, 5.74) is 0.867. The van der Waals surface area contributed by atoms with Gasteiger partial charge in [0.05, 0.1) is 11.4 Å². The number of aromatic amines is 1. The normalized spacial score (nSPS) is 15.3. The number of hydrogen-bond donors (Lipinski definition) is 3. The lowest BCUT2D eigenvalue weighted by Crippen LogP contribution is -2.61. The Balaban J connectivity index is 1.81. The van der Waals surface area contributed by atoms with Crippen molar-refractivity contribution in [2.75, 3.05) is 25.0 Å². The number of carbonyl (C=O) groups excluding carboxylic acids is 1. The molecule has 7 nitrogen and oxygen atoms in total. The Hall–Kier alpha value is -2.31. The summed E-state index contributed by atoms with van der Waals surface area (Å²) in [6.07, 6.45) is 1.88. The lowest BCUT2D eigenvalue weighted by molar-refractivity contribution is 0.236. The SMILES string of the molecule is CNC(=O)NC1CN(c2nc(C(C)C)nc3[nH]ccc23)C1. The molecule has 0 aromatic carbocycles. The first-order valence-electron chi connectivity index (χ1n) is 7.16. The second-order valence-electron chi connectivity index (χ2n) is 5.63. The zero-order valence-electron chi connectivity index (χ0n) is 12.5.